The van der Waals surface area contributed by atoms with Crippen LogP contribution in [0.4, 0.5) is 0 Å². The minimum atomic E-state index is -0.305. The number of aromatic nitrogens is 1. The van der Waals surface area contributed by atoms with Gasteiger partial charge >= 0.3 is 0 Å². The van der Waals surface area contributed by atoms with Crippen LogP contribution in [-0.2, 0) is 22.6 Å². The van der Waals surface area contributed by atoms with E-state index < -0.39 is 0 Å². The first-order valence-corrected chi connectivity index (χ1v) is 9.15. The number of hydrogen-bond acceptors (Lipinski definition) is 4. The van der Waals surface area contributed by atoms with Crippen molar-refractivity contribution in [3.63, 3.8) is 0 Å². The van der Waals surface area contributed by atoms with Crippen molar-refractivity contribution in [1.29, 1.82) is 0 Å². The van der Waals surface area contributed by atoms with Crippen molar-refractivity contribution in [2.75, 3.05) is 20.2 Å². The Morgan fingerprint density at radius 3 is 2.93 bits per heavy atom. The zero-order valence-corrected chi connectivity index (χ0v) is 15.8. The highest BCUT2D eigenvalue weighted by Gasteiger charge is 2.34. The molecule has 6 heteroatoms. The maximum Gasteiger partial charge on any atom is 0.225 e. The molecule has 1 aromatic heterocycles. The number of carbonyl (C=O) groups is 2. The lowest BCUT2D eigenvalue weighted by molar-refractivity contribution is -0.129. The molecule has 1 atom stereocenters. The van der Waals surface area contributed by atoms with E-state index in [1.807, 2.05) is 37.3 Å². The molecule has 1 aromatic carbocycles. The molecule has 2 amide bonds. The van der Waals surface area contributed by atoms with E-state index >= 15 is 0 Å². The predicted molar refractivity (Wildman–Crippen MR) is 102 cm³/mol. The number of ether oxygens (including phenoxy) is 1. The maximum absolute atomic E-state index is 12.5. The molecule has 1 aliphatic rings. The Kier molecular flexibility index (Phi) is 6.06. The van der Waals surface area contributed by atoms with E-state index in [1.165, 1.54) is 0 Å². The molecule has 0 spiro atoms. The van der Waals surface area contributed by atoms with Crippen LogP contribution in [0.3, 0.4) is 0 Å². The number of aryl methyl sites for hydroxylation is 1. The summed E-state index contributed by atoms with van der Waals surface area (Å²) in [7, 11) is 1.65. The molecular formula is C21H25N3O3. The standard InChI is InChI=1S/C21H25N3O3/c1-15-6-7-19(27-2)16(11-15)8-10-23-21(26)17-12-20(25)24(13-17)14-18-5-3-4-9-22-18/h3-7,9,11,17H,8,10,12-14H2,1-2H3,(H,23,26)/t17-/m1/s1. The first kappa shape index (κ1) is 18.9. The number of hydrogen-bond donors (Lipinski definition) is 1. The van der Waals surface area contributed by atoms with Crippen LogP contribution >= 0.6 is 0 Å². The summed E-state index contributed by atoms with van der Waals surface area (Å²) in [5.41, 5.74) is 3.05. The number of nitrogens with one attached hydrogen (secondary N) is 1. The van der Waals surface area contributed by atoms with Gasteiger partial charge in [0.05, 0.1) is 25.3 Å². The predicted octanol–water partition coefficient (Wildman–Crippen LogP) is 2.11. The highest BCUT2D eigenvalue weighted by molar-refractivity contribution is 5.89. The van der Waals surface area contributed by atoms with Gasteiger partial charge in [0.25, 0.3) is 0 Å². The van der Waals surface area contributed by atoms with Gasteiger partial charge in [0.2, 0.25) is 11.8 Å². The van der Waals surface area contributed by atoms with Crippen molar-refractivity contribution in [2.45, 2.75) is 26.3 Å². The lowest BCUT2D eigenvalue weighted by Crippen LogP contribution is -2.34. The SMILES string of the molecule is COc1ccc(C)cc1CCNC(=O)[C@@H]1CC(=O)N(Cc2ccccn2)C1. The number of methoxy groups -OCH3 is 1. The number of amides is 2. The molecule has 1 N–H and O–H groups in total. The molecule has 2 aromatic rings. The fourth-order valence-electron chi connectivity index (χ4n) is 3.36. The summed E-state index contributed by atoms with van der Waals surface area (Å²) in [6.07, 6.45) is 2.65. The van der Waals surface area contributed by atoms with Gasteiger partial charge in [-0.1, -0.05) is 23.8 Å². The Labute approximate surface area is 159 Å². The smallest absolute Gasteiger partial charge is 0.225 e. The van der Waals surface area contributed by atoms with Crippen molar-refractivity contribution in [3.05, 3.63) is 59.4 Å². The molecule has 27 heavy (non-hydrogen) atoms. The summed E-state index contributed by atoms with van der Waals surface area (Å²) in [5.74, 6) is 0.452. The first-order chi connectivity index (χ1) is 13.1. The maximum atomic E-state index is 12.5. The van der Waals surface area contributed by atoms with Crippen molar-refractivity contribution < 1.29 is 14.3 Å². The van der Waals surface area contributed by atoms with Gasteiger partial charge < -0.3 is 15.0 Å². The van der Waals surface area contributed by atoms with Crippen LogP contribution in [0.2, 0.25) is 0 Å². The third-order valence-corrected chi connectivity index (χ3v) is 4.79. The molecule has 1 fully saturated rings. The van der Waals surface area contributed by atoms with Crippen LogP contribution in [0.1, 0.15) is 23.2 Å². The Morgan fingerprint density at radius 2 is 2.19 bits per heavy atom. The van der Waals surface area contributed by atoms with Crippen LogP contribution < -0.4 is 10.1 Å². The lowest BCUT2D eigenvalue weighted by atomic mass is 10.1. The number of rotatable bonds is 7. The van der Waals surface area contributed by atoms with E-state index in [1.54, 1.807) is 18.2 Å². The topological polar surface area (TPSA) is 71.5 Å². The Bertz CT molecular complexity index is 808. The molecular weight excluding hydrogens is 342 g/mol. The van der Waals surface area contributed by atoms with Gasteiger partial charge in [-0.25, -0.2) is 0 Å². The number of pyridine rings is 1. The molecule has 0 saturated carbocycles. The average molecular weight is 367 g/mol. The van der Waals surface area contributed by atoms with E-state index in [0.717, 1.165) is 22.6 Å². The van der Waals surface area contributed by atoms with Gasteiger partial charge in [-0.15, -0.1) is 0 Å². The highest BCUT2D eigenvalue weighted by atomic mass is 16.5. The third-order valence-electron chi connectivity index (χ3n) is 4.79. The quantitative estimate of drug-likeness (QED) is 0.814. The largest absolute Gasteiger partial charge is 0.496 e. The summed E-state index contributed by atoms with van der Waals surface area (Å²) in [6.45, 7) is 3.43. The number of carbonyl (C=O) groups excluding carboxylic acids is 2. The molecule has 0 aliphatic carbocycles. The van der Waals surface area contributed by atoms with E-state index in [4.69, 9.17) is 4.74 Å². The van der Waals surface area contributed by atoms with Crippen molar-refractivity contribution >= 4 is 11.8 Å². The van der Waals surface area contributed by atoms with Crippen LogP contribution in [0.25, 0.3) is 0 Å². The zero-order valence-electron chi connectivity index (χ0n) is 15.8. The van der Waals surface area contributed by atoms with Crippen molar-refractivity contribution in [1.82, 2.24) is 15.2 Å². The first-order valence-electron chi connectivity index (χ1n) is 9.15. The molecule has 1 saturated heterocycles. The normalized spacial score (nSPS) is 16.4. The molecule has 0 unspecified atom stereocenters. The van der Waals surface area contributed by atoms with Gasteiger partial charge in [-0.3, -0.25) is 14.6 Å². The molecule has 3 rings (SSSR count). The summed E-state index contributed by atoms with van der Waals surface area (Å²) >= 11 is 0. The Balaban J connectivity index is 1.50. The van der Waals surface area contributed by atoms with Gasteiger partial charge in [-0.2, -0.15) is 0 Å². The van der Waals surface area contributed by atoms with Crippen molar-refractivity contribution in [3.8, 4) is 5.75 Å². The van der Waals surface area contributed by atoms with Gasteiger partial charge in [0, 0.05) is 25.7 Å². The zero-order chi connectivity index (χ0) is 19.2. The average Bonchev–Trinajstić information content (AvgIpc) is 3.03. The summed E-state index contributed by atoms with van der Waals surface area (Å²) in [6, 6.07) is 11.6. The molecule has 6 nitrogen and oxygen atoms in total. The fourth-order valence-corrected chi connectivity index (χ4v) is 3.36. The van der Waals surface area contributed by atoms with Crippen molar-refractivity contribution in [2.24, 2.45) is 5.92 Å². The second kappa shape index (κ2) is 8.66. The fraction of sp³-hybridized carbons (Fsp3) is 0.381. The summed E-state index contributed by atoms with van der Waals surface area (Å²) < 4.78 is 5.37. The highest BCUT2D eigenvalue weighted by Crippen LogP contribution is 2.21. The number of nitrogens with zero attached hydrogens (tertiary/aromatic N) is 2. The second-order valence-corrected chi connectivity index (χ2v) is 6.85. The molecule has 2 heterocycles. The third kappa shape index (κ3) is 4.84. The molecule has 0 radical (unpaired) electrons. The van der Waals surface area contributed by atoms with Crippen LogP contribution in [0.15, 0.2) is 42.6 Å². The van der Waals surface area contributed by atoms with E-state index in [9.17, 15) is 9.59 Å². The second-order valence-electron chi connectivity index (χ2n) is 6.85. The summed E-state index contributed by atoms with van der Waals surface area (Å²) in [4.78, 5) is 30.6. The minimum absolute atomic E-state index is 0.00107. The Morgan fingerprint density at radius 1 is 1.33 bits per heavy atom. The minimum Gasteiger partial charge on any atom is -0.496 e. The van der Waals surface area contributed by atoms with Gasteiger partial charge in [-0.05, 0) is 37.1 Å². The number of benzene rings is 1. The molecule has 0 bridgehead atoms. The van der Waals surface area contributed by atoms with Crippen LogP contribution in [-0.4, -0.2) is 41.9 Å². The van der Waals surface area contributed by atoms with E-state index in [-0.39, 0.29) is 24.2 Å². The summed E-state index contributed by atoms with van der Waals surface area (Å²) in [5, 5.41) is 2.96. The monoisotopic (exact) mass is 367 g/mol. The molecule has 1 aliphatic heterocycles. The van der Waals surface area contributed by atoms with Gasteiger partial charge in [0.15, 0.2) is 0 Å². The van der Waals surface area contributed by atoms with E-state index in [2.05, 4.69) is 16.4 Å². The Hall–Kier alpha value is -2.89. The lowest BCUT2D eigenvalue weighted by Gasteiger charge is -2.16. The van der Waals surface area contributed by atoms with Crippen LogP contribution in [0, 0.1) is 12.8 Å². The van der Waals surface area contributed by atoms with E-state index in [0.29, 0.717) is 26.1 Å². The van der Waals surface area contributed by atoms with Crippen LogP contribution in [0.5, 0.6) is 5.75 Å². The molecule has 142 valence electrons. The number of likely N-dealkylation sites (tertiary alicyclic amines) is 1. The van der Waals surface area contributed by atoms with Gasteiger partial charge in [0.1, 0.15) is 5.75 Å².